The monoisotopic (exact) mass is 423 g/mol. The second-order valence-electron chi connectivity index (χ2n) is 8.11. The Bertz CT molecular complexity index is 835. The molecule has 0 atom stereocenters. The van der Waals surface area contributed by atoms with E-state index in [0.29, 0.717) is 19.0 Å². The minimum absolute atomic E-state index is 0.467. The van der Waals surface area contributed by atoms with Crippen molar-refractivity contribution in [3.63, 3.8) is 0 Å². The minimum Gasteiger partial charge on any atom is -0.361 e. The van der Waals surface area contributed by atoms with Gasteiger partial charge in [-0.05, 0) is 62.7 Å². The molecule has 2 aromatic rings. The van der Waals surface area contributed by atoms with Gasteiger partial charge in [0, 0.05) is 37.2 Å². The van der Waals surface area contributed by atoms with Gasteiger partial charge in [-0.1, -0.05) is 18.2 Å². The highest BCUT2D eigenvalue weighted by atomic mass is 19.4. The van der Waals surface area contributed by atoms with E-state index in [1.807, 2.05) is 0 Å². The number of hydrogen-bond acceptors (Lipinski definition) is 2. The quantitative estimate of drug-likeness (QED) is 0.468. The molecule has 0 bridgehead atoms. The number of benzene rings is 1. The molecule has 5 nitrogen and oxygen atoms in total. The Morgan fingerprint density at radius 3 is 2.63 bits per heavy atom. The number of para-hydroxylation sites is 1. The number of aryl methyl sites for hydroxylation is 1. The first-order chi connectivity index (χ1) is 14.4. The van der Waals surface area contributed by atoms with Crippen LogP contribution >= 0.6 is 0 Å². The summed E-state index contributed by atoms with van der Waals surface area (Å²) in [4.78, 5) is 9.14. The Morgan fingerprint density at radius 1 is 1.20 bits per heavy atom. The molecule has 0 radical (unpaired) electrons. The highest BCUT2D eigenvalue weighted by Gasteiger charge is 2.32. The number of aliphatic imine (C=N–C) groups is 1. The summed E-state index contributed by atoms with van der Waals surface area (Å²) in [6.45, 7) is 3.92. The van der Waals surface area contributed by atoms with Crippen LogP contribution in [0.4, 0.5) is 13.2 Å². The normalized spacial score (nSPS) is 16.9. The number of aromatic nitrogens is 1. The first kappa shape index (κ1) is 22.5. The van der Waals surface area contributed by atoms with E-state index in [1.165, 1.54) is 26.9 Å². The molecule has 0 amide bonds. The van der Waals surface area contributed by atoms with Crippen LogP contribution in [0.5, 0.6) is 0 Å². The molecule has 0 aliphatic carbocycles. The summed E-state index contributed by atoms with van der Waals surface area (Å²) in [6, 6.07) is 6.32. The molecule has 3 N–H and O–H groups in total. The number of likely N-dealkylation sites (tertiary alicyclic amines) is 1. The number of nitrogens with one attached hydrogen (secondary N) is 3. The molecule has 0 unspecified atom stereocenters. The number of aromatic amines is 1. The maximum atomic E-state index is 12.5. The second kappa shape index (κ2) is 10.2. The lowest BCUT2D eigenvalue weighted by atomic mass is 9.93. The summed E-state index contributed by atoms with van der Waals surface area (Å²) in [7, 11) is 1.75. The van der Waals surface area contributed by atoms with Gasteiger partial charge in [0.05, 0.1) is 6.54 Å². The van der Waals surface area contributed by atoms with Crippen molar-refractivity contribution in [3.8, 4) is 0 Å². The Morgan fingerprint density at radius 2 is 1.93 bits per heavy atom. The van der Waals surface area contributed by atoms with Crippen LogP contribution in [0.15, 0.2) is 29.4 Å². The van der Waals surface area contributed by atoms with Crippen LogP contribution in [0, 0.1) is 12.8 Å². The Labute approximate surface area is 176 Å². The van der Waals surface area contributed by atoms with Gasteiger partial charge in [-0.25, -0.2) is 0 Å². The number of piperidine rings is 1. The van der Waals surface area contributed by atoms with Gasteiger partial charge in [0.1, 0.15) is 0 Å². The van der Waals surface area contributed by atoms with Crippen LogP contribution in [0.2, 0.25) is 0 Å². The highest BCUT2D eigenvalue weighted by Crippen LogP contribution is 2.24. The number of guanidine groups is 1. The maximum absolute atomic E-state index is 12.5. The summed E-state index contributed by atoms with van der Waals surface area (Å²) in [5, 5.41) is 7.94. The van der Waals surface area contributed by atoms with Crippen molar-refractivity contribution >= 4 is 16.9 Å². The zero-order chi connectivity index (χ0) is 21.6. The fraction of sp³-hybridized carbons (Fsp3) is 0.591. The maximum Gasteiger partial charge on any atom is 0.401 e. The molecule has 1 aliphatic heterocycles. The van der Waals surface area contributed by atoms with Crippen molar-refractivity contribution in [1.82, 2.24) is 20.5 Å². The van der Waals surface area contributed by atoms with Crippen molar-refractivity contribution in [3.05, 3.63) is 35.5 Å². The number of fused-ring (bicyclic) bond motifs is 1. The third kappa shape index (κ3) is 6.39. The Kier molecular flexibility index (Phi) is 7.64. The number of alkyl halides is 3. The molecule has 1 aromatic carbocycles. The summed E-state index contributed by atoms with van der Waals surface area (Å²) in [5.41, 5.74) is 3.71. The second-order valence-corrected chi connectivity index (χ2v) is 8.11. The number of H-pyrrole nitrogens is 1. The van der Waals surface area contributed by atoms with Gasteiger partial charge in [0.2, 0.25) is 0 Å². The average Bonchev–Trinajstić information content (AvgIpc) is 3.11. The van der Waals surface area contributed by atoms with Crippen molar-refractivity contribution in [2.75, 3.05) is 39.8 Å². The van der Waals surface area contributed by atoms with Gasteiger partial charge >= 0.3 is 6.18 Å². The summed E-state index contributed by atoms with van der Waals surface area (Å²) >= 11 is 0. The molecular formula is C22H32F3N5. The third-order valence-corrected chi connectivity index (χ3v) is 5.87. The number of nitrogens with zero attached hydrogens (tertiary/aromatic N) is 2. The molecule has 0 spiro atoms. The van der Waals surface area contributed by atoms with Crippen LogP contribution in [-0.2, 0) is 6.42 Å². The molecular weight excluding hydrogens is 391 g/mol. The fourth-order valence-corrected chi connectivity index (χ4v) is 4.19. The van der Waals surface area contributed by atoms with Crippen LogP contribution < -0.4 is 10.6 Å². The predicted octanol–water partition coefficient (Wildman–Crippen LogP) is 3.85. The zero-order valence-electron chi connectivity index (χ0n) is 17.8. The van der Waals surface area contributed by atoms with E-state index in [-0.39, 0.29) is 0 Å². The first-order valence-electron chi connectivity index (χ1n) is 10.6. The molecule has 2 heterocycles. The van der Waals surface area contributed by atoms with Gasteiger partial charge in [-0.3, -0.25) is 9.89 Å². The van der Waals surface area contributed by atoms with E-state index < -0.39 is 12.7 Å². The first-order valence-corrected chi connectivity index (χ1v) is 10.6. The largest absolute Gasteiger partial charge is 0.401 e. The van der Waals surface area contributed by atoms with E-state index in [9.17, 15) is 13.2 Å². The third-order valence-electron chi connectivity index (χ3n) is 5.87. The zero-order valence-corrected chi connectivity index (χ0v) is 17.8. The van der Waals surface area contributed by atoms with E-state index >= 15 is 0 Å². The summed E-state index contributed by atoms with van der Waals surface area (Å²) in [6.07, 6.45) is 1.45. The van der Waals surface area contributed by atoms with Gasteiger partial charge in [0.15, 0.2) is 5.96 Å². The van der Waals surface area contributed by atoms with Crippen molar-refractivity contribution in [2.24, 2.45) is 10.9 Å². The standard InChI is InChI=1S/C22H32F3N5/c1-16-4-3-5-19-18(14-29-20(16)19)7-11-28-21(26-2)27-10-6-17-8-12-30(13-9-17)15-22(23,24)25/h3-5,14,17,29H,6-13,15H2,1-2H3,(H2,26,27,28). The molecule has 1 saturated heterocycles. The topological polar surface area (TPSA) is 55.5 Å². The van der Waals surface area contributed by atoms with E-state index in [2.05, 4.69) is 51.9 Å². The Hall–Kier alpha value is -2.22. The fourth-order valence-electron chi connectivity index (χ4n) is 4.19. The predicted molar refractivity (Wildman–Crippen MR) is 116 cm³/mol. The van der Waals surface area contributed by atoms with Gasteiger partial charge < -0.3 is 15.6 Å². The highest BCUT2D eigenvalue weighted by molar-refractivity contribution is 5.86. The molecule has 1 aliphatic rings. The summed E-state index contributed by atoms with van der Waals surface area (Å²) < 4.78 is 37.4. The van der Waals surface area contributed by atoms with Crippen molar-refractivity contribution in [2.45, 2.75) is 38.8 Å². The number of halogens is 3. The van der Waals surface area contributed by atoms with Gasteiger partial charge in [-0.2, -0.15) is 13.2 Å². The number of hydrogen-bond donors (Lipinski definition) is 3. The lowest BCUT2D eigenvalue weighted by Gasteiger charge is -2.32. The SMILES string of the molecule is CN=C(NCCc1c[nH]c2c(C)cccc12)NCCC1CCN(CC(F)(F)F)CC1. The van der Waals surface area contributed by atoms with Crippen LogP contribution in [0.25, 0.3) is 10.9 Å². The van der Waals surface area contributed by atoms with Crippen LogP contribution in [-0.4, -0.2) is 61.8 Å². The van der Waals surface area contributed by atoms with Crippen LogP contribution in [0.3, 0.4) is 0 Å². The van der Waals surface area contributed by atoms with Crippen molar-refractivity contribution in [1.29, 1.82) is 0 Å². The van der Waals surface area contributed by atoms with Crippen molar-refractivity contribution < 1.29 is 13.2 Å². The molecule has 3 rings (SSSR count). The average molecular weight is 424 g/mol. The van der Waals surface area contributed by atoms with Gasteiger partial charge in [-0.15, -0.1) is 0 Å². The molecule has 8 heteroatoms. The van der Waals surface area contributed by atoms with E-state index in [4.69, 9.17) is 0 Å². The van der Waals surface area contributed by atoms with E-state index in [1.54, 1.807) is 7.05 Å². The molecule has 1 aromatic heterocycles. The number of rotatable bonds is 7. The molecule has 30 heavy (non-hydrogen) atoms. The Balaban J connectivity index is 1.35. The molecule has 1 fully saturated rings. The molecule has 166 valence electrons. The van der Waals surface area contributed by atoms with Gasteiger partial charge in [0.25, 0.3) is 0 Å². The lowest BCUT2D eigenvalue weighted by molar-refractivity contribution is -0.148. The lowest BCUT2D eigenvalue weighted by Crippen LogP contribution is -2.42. The van der Waals surface area contributed by atoms with E-state index in [0.717, 1.165) is 44.7 Å². The van der Waals surface area contributed by atoms with Crippen LogP contribution in [0.1, 0.15) is 30.4 Å². The minimum atomic E-state index is -4.10. The summed E-state index contributed by atoms with van der Waals surface area (Å²) in [5.74, 6) is 1.23. The smallest absolute Gasteiger partial charge is 0.361 e. The molecule has 0 saturated carbocycles.